The average Bonchev–Trinajstić information content (AvgIpc) is 2.92. The summed E-state index contributed by atoms with van der Waals surface area (Å²) < 4.78 is 0. The summed E-state index contributed by atoms with van der Waals surface area (Å²) in [6.07, 6.45) is 8.32. The number of nitrogens with one attached hydrogen (secondary N) is 1. The highest BCUT2D eigenvalue weighted by atomic mass is 16.2. The topological polar surface area (TPSA) is 32.3 Å². The standard InChI is InChI=1S/C17H32N2O/c1-5-8-14-17(20)19(16(18-14)9-6-2)15-11-10-13(7-3)12(15)4/h12-16,18H,5-11H2,1-4H3. The smallest absolute Gasteiger partial charge is 0.241 e. The van der Waals surface area contributed by atoms with Gasteiger partial charge in [-0.3, -0.25) is 10.1 Å². The maximum absolute atomic E-state index is 12.8. The molecule has 0 spiro atoms. The number of rotatable bonds is 6. The predicted octanol–water partition coefficient (Wildman–Crippen LogP) is 3.54. The highest BCUT2D eigenvalue weighted by Gasteiger charge is 2.46. The summed E-state index contributed by atoms with van der Waals surface area (Å²) in [4.78, 5) is 15.0. The van der Waals surface area contributed by atoms with Gasteiger partial charge in [0.05, 0.1) is 12.2 Å². The van der Waals surface area contributed by atoms with Gasteiger partial charge in [0.1, 0.15) is 0 Å². The average molecular weight is 280 g/mol. The highest BCUT2D eigenvalue weighted by molar-refractivity contribution is 5.84. The van der Waals surface area contributed by atoms with Crippen LogP contribution in [0, 0.1) is 11.8 Å². The Morgan fingerprint density at radius 2 is 1.85 bits per heavy atom. The molecule has 2 aliphatic rings. The lowest BCUT2D eigenvalue weighted by Gasteiger charge is -2.34. The lowest BCUT2D eigenvalue weighted by molar-refractivity contribution is -0.133. The molecule has 3 nitrogen and oxygen atoms in total. The van der Waals surface area contributed by atoms with E-state index < -0.39 is 0 Å². The Morgan fingerprint density at radius 1 is 1.15 bits per heavy atom. The second-order valence-corrected chi connectivity index (χ2v) is 6.73. The van der Waals surface area contributed by atoms with Crippen molar-refractivity contribution in [3.8, 4) is 0 Å². The largest absolute Gasteiger partial charge is 0.323 e. The van der Waals surface area contributed by atoms with Crippen molar-refractivity contribution < 1.29 is 4.79 Å². The Bertz CT molecular complexity index is 331. The summed E-state index contributed by atoms with van der Waals surface area (Å²) in [5.74, 6) is 1.84. The molecule has 0 radical (unpaired) electrons. The first-order valence-corrected chi connectivity index (χ1v) is 8.72. The molecule has 1 N–H and O–H groups in total. The number of hydrogen-bond donors (Lipinski definition) is 1. The summed E-state index contributed by atoms with van der Waals surface area (Å²) in [5, 5.41) is 3.60. The molecule has 0 aromatic rings. The van der Waals surface area contributed by atoms with E-state index in [0.29, 0.717) is 17.9 Å². The van der Waals surface area contributed by atoms with Gasteiger partial charge in [0.25, 0.3) is 0 Å². The van der Waals surface area contributed by atoms with E-state index in [1.807, 2.05) is 0 Å². The number of amides is 1. The molecule has 1 saturated heterocycles. The summed E-state index contributed by atoms with van der Waals surface area (Å²) in [7, 11) is 0. The van der Waals surface area contributed by atoms with Crippen molar-refractivity contribution in [3.63, 3.8) is 0 Å². The minimum absolute atomic E-state index is 0.0735. The number of carbonyl (C=O) groups excluding carboxylic acids is 1. The molecule has 0 aromatic carbocycles. The van der Waals surface area contributed by atoms with Crippen molar-refractivity contribution in [2.24, 2.45) is 11.8 Å². The quantitative estimate of drug-likeness (QED) is 0.807. The Labute approximate surface area is 124 Å². The van der Waals surface area contributed by atoms with Crippen LogP contribution in [-0.4, -0.2) is 29.1 Å². The van der Waals surface area contributed by atoms with Crippen LogP contribution in [0.3, 0.4) is 0 Å². The zero-order chi connectivity index (χ0) is 14.7. The first-order valence-electron chi connectivity index (χ1n) is 8.72. The molecule has 20 heavy (non-hydrogen) atoms. The Hall–Kier alpha value is -0.570. The van der Waals surface area contributed by atoms with Crippen molar-refractivity contribution in [1.29, 1.82) is 0 Å². The summed E-state index contributed by atoms with van der Waals surface area (Å²) in [6, 6.07) is 0.544. The van der Waals surface area contributed by atoms with Gasteiger partial charge >= 0.3 is 0 Å². The van der Waals surface area contributed by atoms with Crippen LogP contribution < -0.4 is 5.32 Å². The van der Waals surface area contributed by atoms with E-state index in [1.54, 1.807) is 0 Å². The number of hydrogen-bond acceptors (Lipinski definition) is 2. The normalized spacial score (nSPS) is 37.9. The van der Waals surface area contributed by atoms with Gasteiger partial charge in [0.15, 0.2) is 0 Å². The third-order valence-corrected chi connectivity index (χ3v) is 5.49. The lowest BCUT2D eigenvalue weighted by Crippen LogP contribution is -2.46. The van der Waals surface area contributed by atoms with Gasteiger partial charge in [-0.05, 0) is 37.5 Å². The van der Waals surface area contributed by atoms with Crippen LogP contribution in [0.2, 0.25) is 0 Å². The van der Waals surface area contributed by atoms with Crippen LogP contribution in [0.1, 0.15) is 72.6 Å². The minimum Gasteiger partial charge on any atom is -0.323 e. The summed E-state index contributed by atoms with van der Waals surface area (Å²) in [6.45, 7) is 9.02. The molecule has 2 rings (SSSR count). The maximum Gasteiger partial charge on any atom is 0.241 e. The zero-order valence-corrected chi connectivity index (χ0v) is 13.7. The lowest BCUT2D eigenvalue weighted by atomic mass is 9.92. The number of carbonyl (C=O) groups is 1. The van der Waals surface area contributed by atoms with Crippen LogP contribution in [-0.2, 0) is 4.79 Å². The Morgan fingerprint density at radius 3 is 2.40 bits per heavy atom. The fourth-order valence-corrected chi connectivity index (χ4v) is 4.30. The first kappa shape index (κ1) is 15.8. The second-order valence-electron chi connectivity index (χ2n) is 6.73. The van der Waals surface area contributed by atoms with Gasteiger partial charge < -0.3 is 4.90 Å². The minimum atomic E-state index is 0.0735. The molecule has 0 bridgehead atoms. The SMILES string of the molecule is CCCC1NC(CCC)N(C2CCC(CC)C2C)C1=O. The molecule has 2 fully saturated rings. The first-order chi connectivity index (χ1) is 9.63. The van der Waals surface area contributed by atoms with E-state index in [4.69, 9.17) is 0 Å². The van der Waals surface area contributed by atoms with Crippen molar-refractivity contribution in [2.45, 2.75) is 90.9 Å². The van der Waals surface area contributed by atoms with Crippen molar-refractivity contribution >= 4 is 5.91 Å². The van der Waals surface area contributed by atoms with E-state index in [0.717, 1.165) is 31.6 Å². The molecule has 1 heterocycles. The van der Waals surface area contributed by atoms with Gasteiger partial charge in [0.2, 0.25) is 5.91 Å². The van der Waals surface area contributed by atoms with E-state index in [1.165, 1.54) is 19.3 Å². The van der Waals surface area contributed by atoms with E-state index >= 15 is 0 Å². The van der Waals surface area contributed by atoms with E-state index in [2.05, 4.69) is 37.9 Å². The molecule has 1 amide bonds. The van der Waals surface area contributed by atoms with Crippen LogP contribution >= 0.6 is 0 Å². The van der Waals surface area contributed by atoms with Crippen molar-refractivity contribution in [1.82, 2.24) is 10.2 Å². The predicted molar refractivity (Wildman–Crippen MR) is 83.3 cm³/mol. The van der Waals surface area contributed by atoms with Crippen LogP contribution in [0.15, 0.2) is 0 Å². The summed E-state index contributed by atoms with van der Waals surface area (Å²) in [5.41, 5.74) is 0. The highest BCUT2D eigenvalue weighted by Crippen LogP contribution is 2.39. The van der Waals surface area contributed by atoms with Crippen LogP contribution in [0.4, 0.5) is 0 Å². The molecule has 116 valence electrons. The molecule has 0 aromatic heterocycles. The van der Waals surface area contributed by atoms with Gasteiger partial charge in [-0.1, -0.05) is 47.0 Å². The monoisotopic (exact) mass is 280 g/mol. The van der Waals surface area contributed by atoms with Gasteiger partial charge in [-0.25, -0.2) is 0 Å². The third-order valence-electron chi connectivity index (χ3n) is 5.49. The fourth-order valence-electron chi connectivity index (χ4n) is 4.30. The third kappa shape index (κ3) is 2.88. The fraction of sp³-hybridized carbons (Fsp3) is 0.941. The molecular weight excluding hydrogens is 248 g/mol. The molecule has 5 atom stereocenters. The molecule has 5 unspecified atom stereocenters. The molecular formula is C17H32N2O. The van der Waals surface area contributed by atoms with Gasteiger partial charge in [-0.15, -0.1) is 0 Å². The Kier molecular flexibility index (Phi) is 5.48. The molecule has 1 aliphatic heterocycles. The zero-order valence-electron chi connectivity index (χ0n) is 13.7. The second kappa shape index (κ2) is 6.93. The maximum atomic E-state index is 12.8. The summed E-state index contributed by atoms with van der Waals surface area (Å²) >= 11 is 0. The van der Waals surface area contributed by atoms with E-state index in [9.17, 15) is 4.79 Å². The van der Waals surface area contributed by atoms with Gasteiger partial charge in [0, 0.05) is 6.04 Å². The molecule has 1 saturated carbocycles. The van der Waals surface area contributed by atoms with Crippen LogP contribution in [0.25, 0.3) is 0 Å². The molecule has 1 aliphatic carbocycles. The Balaban J connectivity index is 2.12. The van der Waals surface area contributed by atoms with Crippen LogP contribution in [0.5, 0.6) is 0 Å². The van der Waals surface area contributed by atoms with E-state index in [-0.39, 0.29) is 12.2 Å². The van der Waals surface area contributed by atoms with Gasteiger partial charge in [-0.2, -0.15) is 0 Å². The van der Waals surface area contributed by atoms with Crippen molar-refractivity contribution in [2.75, 3.05) is 0 Å². The molecule has 3 heteroatoms. The van der Waals surface area contributed by atoms with Crippen molar-refractivity contribution in [3.05, 3.63) is 0 Å². The number of nitrogens with zero attached hydrogens (tertiary/aromatic N) is 1.